The Kier molecular flexibility index (Phi) is 6.65. The molecule has 0 spiro atoms. The van der Waals surface area contributed by atoms with Crippen LogP contribution in [-0.2, 0) is 0 Å². The SMILES string of the molecule is Cc1ncccc1C(=O)O.Cl.Cl. The highest BCUT2D eigenvalue weighted by atomic mass is 35.5. The van der Waals surface area contributed by atoms with E-state index in [4.69, 9.17) is 5.11 Å². The fraction of sp³-hybridized carbons (Fsp3) is 0.143. The minimum atomic E-state index is -0.925. The minimum Gasteiger partial charge on any atom is -0.478 e. The first-order valence-corrected chi connectivity index (χ1v) is 2.86. The molecule has 1 heterocycles. The average molecular weight is 210 g/mol. The van der Waals surface area contributed by atoms with Gasteiger partial charge in [0, 0.05) is 6.20 Å². The zero-order valence-corrected chi connectivity index (χ0v) is 7.98. The number of carboxylic acid groups (broad SMARTS) is 1. The van der Waals surface area contributed by atoms with Crippen molar-refractivity contribution in [2.45, 2.75) is 6.92 Å². The Morgan fingerprint density at radius 1 is 1.50 bits per heavy atom. The van der Waals surface area contributed by atoms with Gasteiger partial charge in [-0.15, -0.1) is 24.8 Å². The molecule has 1 rings (SSSR count). The smallest absolute Gasteiger partial charge is 0.337 e. The molecule has 0 amide bonds. The largest absolute Gasteiger partial charge is 0.478 e. The Balaban J connectivity index is 0. The van der Waals surface area contributed by atoms with Crippen LogP contribution in [0.2, 0.25) is 0 Å². The number of aryl methyl sites for hydroxylation is 1. The van der Waals surface area contributed by atoms with Crippen molar-refractivity contribution in [1.82, 2.24) is 4.98 Å². The van der Waals surface area contributed by atoms with Gasteiger partial charge in [0.15, 0.2) is 0 Å². The third-order valence-corrected chi connectivity index (χ3v) is 1.24. The number of pyridine rings is 1. The first-order chi connectivity index (χ1) is 4.72. The van der Waals surface area contributed by atoms with Gasteiger partial charge in [0.2, 0.25) is 0 Å². The molecule has 0 saturated carbocycles. The fourth-order valence-corrected chi connectivity index (χ4v) is 0.710. The van der Waals surface area contributed by atoms with E-state index in [1.165, 1.54) is 6.07 Å². The maximum atomic E-state index is 10.4. The van der Waals surface area contributed by atoms with Gasteiger partial charge in [-0.1, -0.05) is 0 Å². The highest BCUT2D eigenvalue weighted by molar-refractivity contribution is 5.88. The molecule has 5 heteroatoms. The van der Waals surface area contributed by atoms with E-state index in [0.29, 0.717) is 5.69 Å². The van der Waals surface area contributed by atoms with Crippen molar-refractivity contribution in [3.8, 4) is 0 Å². The summed E-state index contributed by atoms with van der Waals surface area (Å²) in [5.41, 5.74) is 0.817. The van der Waals surface area contributed by atoms with Crippen LogP contribution in [0.25, 0.3) is 0 Å². The zero-order valence-electron chi connectivity index (χ0n) is 6.35. The van der Waals surface area contributed by atoms with E-state index >= 15 is 0 Å². The molecule has 0 radical (unpaired) electrons. The minimum absolute atomic E-state index is 0. The van der Waals surface area contributed by atoms with E-state index in [0.717, 1.165) is 0 Å². The molecule has 0 aliphatic heterocycles. The molecule has 0 fully saturated rings. The molecule has 0 aliphatic rings. The van der Waals surface area contributed by atoms with Gasteiger partial charge in [-0.25, -0.2) is 4.79 Å². The molecule has 12 heavy (non-hydrogen) atoms. The Hall–Kier alpha value is -0.800. The summed E-state index contributed by atoms with van der Waals surface area (Å²) in [5, 5.41) is 8.53. The number of aromatic carboxylic acids is 1. The first-order valence-electron chi connectivity index (χ1n) is 2.86. The molecule has 0 aliphatic carbocycles. The van der Waals surface area contributed by atoms with E-state index in [1.54, 1.807) is 19.2 Å². The summed E-state index contributed by atoms with van der Waals surface area (Å²) in [6, 6.07) is 3.14. The second kappa shape index (κ2) is 5.80. The quantitative estimate of drug-likeness (QED) is 0.770. The van der Waals surface area contributed by atoms with E-state index < -0.39 is 5.97 Å². The van der Waals surface area contributed by atoms with Crippen molar-refractivity contribution in [2.24, 2.45) is 0 Å². The summed E-state index contributed by atoms with van der Waals surface area (Å²) in [4.78, 5) is 14.2. The molecular weight excluding hydrogens is 201 g/mol. The fourth-order valence-electron chi connectivity index (χ4n) is 0.710. The average Bonchev–Trinajstić information content (AvgIpc) is 1.88. The van der Waals surface area contributed by atoms with Gasteiger partial charge in [-0.05, 0) is 19.1 Å². The van der Waals surface area contributed by atoms with Crippen LogP contribution in [0.5, 0.6) is 0 Å². The van der Waals surface area contributed by atoms with Gasteiger partial charge in [0.1, 0.15) is 0 Å². The van der Waals surface area contributed by atoms with Gasteiger partial charge >= 0.3 is 5.97 Å². The van der Waals surface area contributed by atoms with Crippen molar-refractivity contribution in [3.05, 3.63) is 29.6 Å². The number of nitrogens with zero attached hydrogens (tertiary/aromatic N) is 1. The Bertz CT molecular complexity index is 265. The number of hydrogen-bond donors (Lipinski definition) is 1. The van der Waals surface area contributed by atoms with Crippen molar-refractivity contribution in [1.29, 1.82) is 0 Å². The summed E-state index contributed by atoms with van der Waals surface area (Å²) in [6.45, 7) is 1.67. The van der Waals surface area contributed by atoms with Crippen LogP contribution in [0.3, 0.4) is 0 Å². The van der Waals surface area contributed by atoms with Crippen molar-refractivity contribution < 1.29 is 9.90 Å². The summed E-state index contributed by atoms with van der Waals surface area (Å²) in [6.07, 6.45) is 1.57. The van der Waals surface area contributed by atoms with Crippen LogP contribution >= 0.6 is 24.8 Å². The molecule has 68 valence electrons. The number of hydrogen-bond acceptors (Lipinski definition) is 2. The molecular formula is C7H9Cl2NO2. The van der Waals surface area contributed by atoms with E-state index in [2.05, 4.69) is 4.98 Å². The Morgan fingerprint density at radius 2 is 2.08 bits per heavy atom. The van der Waals surface area contributed by atoms with Crippen LogP contribution in [0, 0.1) is 6.92 Å². The number of carboxylic acids is 1. The second-order valence-electron chi connectivity index (χ2n) is 1.94. The van der Waals surface area contributed by atoms with Gasteiger partial charge < -0.3 is 5.11 Å². The summed E-state index contributed by atoms with van der Waals surface area (Å²) in [5.74, 6) is -0.925. The maximum absolute atomic E-state index is 10.4. The lowest BCUT2D eigenvalue weighted by Crippen LogP contribution is -2.00. The Morgan fingerprint density at radius 3 is 2.42 bits per heavy atom. The lowest BCUT2D eigenvalue weighted by atomic mass is 10.2. The van der Waals surface area contributed by atoms with Crippen molar-refractivity contribution in [2.75, 3.05) is 0 Å². The van der Waals surface area contributed by atoms with Crippen molar-refractivity contribution >= 4 is 30.8 Å². The lowest BCUT2D eigenvalue weighted by molar-refractivity contribution is 0.0695. The van der Waals surface area contributed by atoms with Crippen LogP contribution in [-0.4, -0.2) is 16.1 Å². The molecule has 3 nitrogen and oxygen atoms in total. The zero-order chi connectivity index (χ0) is 7.56. The number of rotatable bonds is 1. The van der Waals surface area contributed by atoms with Crippen molar-refractivity contribution in [3.63, 3.8) is 0 Å². The van der Waals surface area contributed by atoms with Gasteiger partial charge in [0.05, 0.1) is 11.3 Å². The number of aromatic nitrogens is 1. The summed E-state index contributed by atoms with van der Waals surface area (Å²) in [7, 11) is 0. The third-order valence-electron chi connectivity index (χ3n) is 1.24. The second-order valence-corrected chi connectivity index (χ2v) is 1.94. The van der Waals surface area contributed by atoms with Gasteiger partial charge in [-0.3, -0.25) is 4.98 Å². The van der Waals surface area contributed by atoms with Crippen LogP contribution in [0.1, 0.15) is 16.1 Å². The van der Waals surface area contributed by atoms with Gasteiger partial charge in [-0.2, -0.15) is 0 Å². The molecule has 0 aromatic carbocycles. The van der Waals surface area contributed by atoms with Crippen LogP contribution in [0.4, 0.5) is 0 Å². The molecule has 0 unspecified atom stereocenters. The van der Waals surface area contributed by atoms with Crippen LogP contribution in [0.15, 0.2) is 18.3 Å². The molecule has 0 saturated heterocycles. The molecule has 0 bridgehead atoms. The summed E-state index contributed by atoms with van der Waals surface area (Å²) >= 11 is 0. The van der Waals surface area contributed by atoms with E-state index in [9.17, 15) is 4.79 Å². The lowest BCUT2D eigenvalue weighted by Gasteiger charge is -1.95. The monoisotopic (exact) mass is 209 g/mol. The van der Waals surface area contributed by atoms with Crippen LogP contribution < -0.4 is 0 Å². The molecule has 1 N–H and O–H groups in total. The standard InChI is InChI=1S/C7H7NO2.2ClH/c1-5-6(7(9)10)3-2-4-8-5;;/h2-4H,1H3,(H,9,10);2*1H. The Labute approximate surface area is 82.6 Å². The normalized spacial score (nSPS) is 7.75. The number of carbonyl (C=O) groups is 1. The molecule has 1 aromatic rings. The topological polar surface area (TPSA) is 50.2 Å². The molecule has 1 aromatic heterocycles. The first kappa shape index (κ1) is 13.8. The van der Waals surface area contributed by atoms with E-state index in [-0.39, 0.29) is 30.4 Å². The summed E-state index contributed by atoms with van der Waals surface area (Å²) < 4.78 is 0. The molecule has 0 atom stereocenters. The predicted molar refractivity (Wildman–Crippen MR) is 50.4 cm³/mol. The number of halogens is 2. The highest BCUT2D eigenvalue weighted by Gasteiger charge is 2.04. The van der Waals surface area contributed by atoms with E-state index in [1.807, 2.05) is 0 Å². The van der Waals surface area contributed by atoms with Gasteiger partial charge in [0.25, 0.3) is 0 Å². The maximum Gasteiger partial charge on any atom is 0.337 e. The highest BCUT2D eigenvalue weighted by Crippen LogP contribution is 2.01. The third kappa shape index (κ3) is 3.07. The predicted octanol–water partition coefficient (Wildman–Crippen LogP) is 1.93.